The molecule has 0 amide bonds. The van der Waals surface area contributed by atoms with Gasteiger partial charge in [0.1, 0.15) is 0 Å². The minimum absolute atomic E-state index is 0.655. The predicted molar refractivity (Wildman–Crippen MR) is 68.4 cm³/mol. The van der Waals surface area contributed by atoms with Crippen molar-refractivity contribution in [3.8, 4) is 11.3 Å². The fourth-order valence-electron chi connectivity index (χ4n) is 1.57. The molecule has 1 aromatic heterocycles. The lowest BCUT2D eigenvalue weighted by atomic mass is 10.0. The van der Waals surface area contributed by atoms with Gasteiger partial charge in [-0.15, -0.1) is 11.6 Å². The molecule has 0 unspecified atom stereocenters. The van der Waals surface area contributed by atoms with Crippen LogP contribution < -0.4 is 0 Å². The molecular formula is C13H13ClN2. The maximum absolute atomic E-state index is 5.64. The molecule has 0 aliphatic heterocycles. The second-order valence-corrected chi connectivity index (χ2v) is 3.82. The summed E-state index contributed by atoms with van der Waals surface area (Å²) in [4.78, 5) is 0. The topological polar surface area (TPSA) is 28.7 Å². The van der Waals surface area contributed by atoms with Crippen LogP contribution in [0.2, 0.25) is 0 Å². The SMILES string of the molecule is ClCCC=Cc1ccccc1-c1ccn[nH]1. The van der Waals surface area contributed by atoms with Gasteiger partial charge in [-0.2, -0.15) is 5.10 Å². The van der Waals surface area contributed by atoms with E-state index in [0.29, 0.717) is 5.88 Å². The Balaban J connectivity index is 2.31. The Morgan fingerprint density at radius 1 is 1.25 bits per heavy atom. The number of hydrogen-bond donors (Lipinski definition) is 1. The Bertz CT molecular complexity index is 461. The molecule has 82 valence electrons. The van der Waals surface area contributed by atoms with Crippen molar-refractivity contribution >= 4 is 17.7 Å². The maximum Gasteiger partial charge on any atom is 0.0656 e. The quantitative estimate of drug-likeness (QED) is 0.800. The van der Waals surface area contributed by atoms with E-state index in [0.717, 1.165) is 17.7 Å². The van der Waals surface area contributed by atoms with Crippen LogP contribution in [0.5, 0.6) is 0 Å². The fourth-order valence-corrected chi connectivity index (χ4v) is 1.69. The molecule has 0 aliphatic rings. The van der Waals surface area contributed by atoms with Crippen molar-refractivity contribution in [2.45, 2.75) is 6.42 Å². The average molecular weight is 233 g/mol. The van der Waals surface area contributed by atoms with Crippen molar-refractivity contribution in [3.05, 3.63) is 48.2 Å². The molecular weight excluding hydrogens is 220 g/mol. The molecule has 1 N–H and O–H groups in total. The molecule has 0 saturated carbocycles. The molecule has 0 saturated heterocycles. The molecule has 2 nitrogen and oxygen atoms in total. The van der Waals surface area contributed by atoms with E-state index in [2.05, 4.69) is 34.5 Å². The Labute approximate surface area is 100.0 Å². The zero-order chi connectivity index (χ0) is 11.2. The molecule has 1 aromatic carbocycles. The van der Waals surface area contributed by atoms with Gasteiger partial charge < -0.3 is 0 Å². The van der Waals surface area contributed by atoms with Crippen LogP contribution >= 0.6 is 11.6 Å². The van der Waals surface area contributed by atoms with Crippen molar-refractivity contribution in [2.75, 3.05) is 5.88 Å². The summed E-state index contributed by atoms with van der Waals surface area (Å²) >= 11 is 5.64. The smallest absolute Gasteiger partial charge is 0.0656 e. The summed E-state index contributed by atoms with van der Waals surface area (Å²) in [6.07, 6.45) is 6.83. The van der Waals surface area contributed by atoms with Gasteiger partial charge in [-0.05, 0) is 18.1 Å². The number of alkyl halides is 1. The third kappa shape index (κ3) is 2.52. The first kappa shape index (κ1) is 11.0. The van der Waals surface area contributed by atoms with Crippen LogP contribution in [0.25, 0.3) is 17.3 Å². The Morgan fingerprint density at radius 3 is 2.88 bits per heavy atom. The first-order chi connectivity index (χ1) is 7.92. The van der Waals surface area contributed by atoms with Gasteiger partial charge in [0, 0.05) is 17.6 Å². The van der Waals surface area contributed by atoms with E-state index in [1.165, 1.54) is 5.56 Å². The van der Waals surface area contributed by atoms with E-state index in [9.17, 15) is 0 Å². The molecule has 0 spiro atoms. The highest BCUT2D eigenvalue weighted by atomic mass is 35.5. The molecule has 0 fully saturated rings. The van der Waals surface area contributed by atoms with Crippen LogP contribution in [0.1, 0.15) is 12.0 Å². The van der Waals surface area contributed by atoms with Gasteiger partial charge >= 0.3 is 0 Å². The lowest BCUT2D eigenvalue weighted by Gasteiger charge is -2.02. The highest BCUT2D eigenvalue weighted by Gasteiger charge is 2.02. The number of nitrogens with one attached hydrogen (secondary N) is 1. The summed E-state index contributed by atoms with van der Waals surface area (Å²) in [5, 5.41) is 6.94. The third-order valence-corrected chi connectivity index (χ3v) is 2.54. The fraction of sp³-hybridized carbons (Fsp3) is 0.154. The first-order valence-corrected chi connectivity index (χ1v) is 5.76. The van der Waals surface area contributed by atoms with Gasteiger partial charge in [-0.3, -0.25) is 5.10 Å². The summed E-state index contributed by atoms with van der Waals surface area (Å²) in [5.41, 5.74) is 3.37. The second kappa shape index (κ2) is 5.52. The Hall–Kier alpha value is -1.54. The van der Waals surface area contributed by atoms with Gasteiger partial charge in [0.15, 0.2) is 0 Å². The van der Waals surface area contributed by atoms with Crippen LogP contribution in [0.3, 0.4) is 0 Å². The second-order valence-electron chi connectivity index (χ2n) is 3.44. The van der Waals surface area contributed by atoms with Crippen molar-refractivity contribution in [2.24, 2.45) is 0 Å². The van der Waals surface area contributed by atoms with E-state index in [4.69, 9.17) is 11.6 Å². The average Bonchev–Trinajstić information content (AvgIpc) is 2.83. The monoisotopic (exact) mass is 232 g/mol. The summed E-state index contributed by atoms with van der Waals surface area (Å²) in [6, 6.07) is 10.2. The van der Waals surface area contributed by atoms with Crippen LogP contribution in [-0.2, 0) is 0 Å². The molecule has 1 heterocycles. The molecule has 0 atom stereocenters. The van der Waals surface area contributed by atoms with E-state index >= 15 is 0 Å². The number of aromatic amines is 1. The Kier molecular flexibility index (Phi) is 3.78. The largest absolute Gasteiger partial charge is 0.278 e. The van der Waals surface area contributed by atoms with Crippen LogP contribution in [-0.4, -0.2) is 16.1 Å². The van der Waals surface area contributed by atoms with E-state index < -0.39 is 0 Å². The molecule has 2 rings (SSSR count). The summed E-state index contributed by atoms with van der Waals surface area (Å²) in [7, 11) is 0. The normalized spacial score (nSPS) is 11.1. The maximum atomic E-state index is 5.64. The van der Waals surface area contributed by atoms with Crippen molar-refractivity contribution < 1.29 is 0 Å². The van der Waals surface area contributed by atoms with E-state index in [1.807, 2.05) is 18.2 Å². The highest BCUT2D eigenvalue weighted by molar-refractivity contribution is 6.17. The number of halogens is 1. The number of rotatable bonds is 4. The van der Waals surface area contributed by atoms with Gasteiger partial charge in [-0.1, -0.05) is 36.4 Å². The number of H-pyrrole nitrogens is 1. The number of benzene rings is 1. The van der Waals surface area contributed by atoms with Crippen LogP contribution in [0.4, 0.5) is 0 Å². The summed E-state index contributed by atoms with van der Waals surface area (Å²) in [6.45, 7) is 0. The zero-order valence-electron chi connectivity index (χ0n) is 8.86. The van der Waals surface area contributed by atoms with Gasteiger partial charge in [0.2, 0.25) is 0 Å². The standard InChI is InChI=1S/C13H13ClN2/c14-9-4-3-6-11-5-1-2-7-12(11)13-8-10-15-16-13/h1-3,5-8,10H,4,9H2,(H,15,16). The molecule has 0 radical (unpaired) electrons. The molecule has 0 bridgehead atoms. The minimum Gasteiger partial charge on any atom is -0.278 e. The first-order valence-electron chi connectivity index (χ1n) is 5.23. The van der Waals surface area contributed by atoms with E-state index in [1.54, 1.807) is 6.20 Å². The number of aromatic nitrogens is 2. The summed E-state index contributed by atoms with van der Waals surface area (Å²) in [5.74, 6) is 0.655. The molecule has 3 heteroatoms. The Morgan fingerprint density at radius 2 is 2.12 bits per heavy atom. The lowest BCUT2D eigenvalue weighted by Crippen LogP contribution is -1.83. The van der Waals surface area contributed by atoms with Crippen molar-refractivity contribution in [3.63, 3.8) is 0 Å². The third-order valence-electron chi connectivity index (χ3n) is 2.32. The molecule has 0 aliphatic carbocycles. The van der Waals surface area contributed by atoms with Crippen molar-refractivity contribution in [1.82, 2.24) is 10.2 Å². The van der Waals surface area contributed by atoms with Gasteiger partial charge in [0.05, 0.1) is 5.69 Å². The number of hydrogen-bond acceptors (Lipinski definition) is 1. The number of allylic oxidation sites excluding steroid dienone is 1. The van der Waals surface area contributed by atoms with Crippen LogP contribution in [0.15, 0.2) is 42.6 Å². The van der Waals surface area contributed by atoms with Crippen molar-refractivity contribution in [1.29, 1.82) is 0 Å². The van der Waals surface area contributed by atoms with E-state index in [-0.39, 0.29) is 0 Å². The number of nitrogens with zero attached hydrogens (tertiary/aromatic N) is 1. The van der Waals surface area contributed by atoms with Gasteiger partial charge in [-0.25, -0.2) is 0 Å². The minimum atomic E-state index is 0.655. The zero-order valence-corrected chi connectivity index (χ0v) is 9.61. The van der Waals surface area contributed by atoms with Crippen LogP contribution in [0, 0.1) is 0 Å². The lowest BCUT2D eigenvalue weighted by molar-refractivity contribution is 1.09. The molecule has 16 heavy (non-hydrogen) atoms. The van der Waals surface area contributed by atoms with Gasteiger partial charge in [0.25, 0.3) is 0 Å². The molecule has 2 aromatic rings. The predicted octanol–water partition coefficient (Wildman–Crippen LogP) is 3.72. The highest BCUT2D eigenvalue weighted by Crippen LogP contribution is 2.22. The summed E-state index contributed by atoms with van der Waals surface area (Å²) < 4.78 is 0.